The van der Waals surface area contributed by atoms with Crippen molar-refractivity contribution in [2.75, 3.05) is 26.0 Å². The van der Waals surface area contributed by atoms with Crippen LogP contribution in [0, 0.1) is 0 Å². The molecule has 1 aliphatic rings. The van der Waals surface area contributed by atoms with Crippen molar-refractivity contribution in [3.05, 3.63) is 12.4 Å². The van der Waals surface area contributed by atoms with E-state index in [2.05, 4.69) is 0 Å². The average Bonchev–Trinajstić information content (AvgIpc) is 2.30. The molecular weight excluding hydrogens is 200 g/mol. The second-order valence-electron chi connectivity index (χ2n) is 2.75. The monoisotopic (exact) mass is 210 g/mol. The Bertz CT molecular complexity index is 275. The Balaban J connectivity index is 2.31. The van der Waals surface area contributed by atoms with Crippen molar-refractivity contribution in [1.29, 1.82) is 0 Å². The summed E-state index contributed by atoms with van der Waals surface area (Å²) >= 11 is 0. The summed E-state index contributed by atoms with van der Waals surface area (Å²) in [6.45, 7) is 1.18. The SMILES string of the molecule is CN1C=CN(CCS(=O)(=O)Cl)C1. The molecule has 4 nitrogen and oxygen atoms in total. The summed E-state index contributed by atoms with van der Waals surface area (Å²) in [5.41, 5.74) is 0. The van der Waals surface area contributed by atoms with E-state index in [0.717, 1.165) is 6.67 Å². The Hall–Kier alpha value is -0.420. The molecule has 0 atom stereocenters. The normalized spacial score (nSPS) is 17.5. The third-order valence-electron chi connectivity index (χ3n) is 1.56. The van der Waals surface area contributed by atoms with Gasteiger partial charge in [-0.25, -0.2) is 8.42 Å². The van der Waals surface area contributed by atoms with Crippen LogP contribution in [0.5, 0.6) is 0 Å². The van der Waals surface area contributed by atoms with Gasteiger partial charge in [0.2, 0.25) is 9.05 Å². The summed E-state index contributed by atoms with van der Waals surface area (Å²) in [6.07, 6.45) is 3.74. The van der Waals surface area contributed by atoms with Gasteiger partial charge in [-0.2, -0.15) is 0 Å². The van der Waals surface area contributed by atoms with E-state index in [1.165, 1.54) is 0 Å². The van der Waals surface area contributed by atoms with E-state index in [0.29, 0.717) is 6.54 Å². The summed E-state index contributed by atoms with van der Waals surface area (Å²) in [4.78, 5) is 3.85. The van der Waals surface area contributed by atoms with E-state index in [4.69, 9.17) is 10.7 Å². The highest BCUT2D eigenvalue weighted by molar-refractivity contribution is 8.13. The average molecular weight is 211 g/mol. The Kier molecular flexibility index (Phi) is 2.85. The van der Waals surface area contributed by atoms with Crippen LogP contribution < -0.4 is 0 Å². The van der Waals surface area contributed by atoms with Crippen molar-refractivity contribution in [3.63, 3.8) is 0 Å². The molecule has 0 saturated heterocycles. The van der Waals surface area contributed by atoms with E-state index < -0.39 is 9.05 Å². The van der Waals surface area contributed by atoms with Crippen LogP contribution in [0.25, 0.3) is 0 Å². The van der Waals surface area contributed by atoms with Gasteiger partial charge in [0.1, 0.15) is 0 Å². The fourth-order valence-electron chi connectivity index (χ4n) is 0.960. The predicted octanol–water partition coefficient (Wildman–Crippen LogP) is 0.231. The molecule has 0 bridgehead atoms. The van der Waals surface area contributed by atoms with Crippen LogP contribution in [0.2, 0.25) is 0 Å². The summed E-state index contributed by atoms with van der Waals surface area (Å²) in [5, 5.41) is 0. The highest BCUT2D eigenvalue weighted by Gasteiger charge is 2.11. The number of hydrogen-bond acceptors (Lipinski definition) is 4. The molecule has 0 aliphatic carbocycles. The minimum atomic E-state index is -3.35. The Morgan fingerprint density at radius 1 is 1.50 bits per heavy atom. The van der Waals surface area contributed by atoms with Crippen molar-refractivity contribution in [3.8, 4) is 0 Å². The first-order valence-corrected chi connectivity index (χ1v) is 6.00. The van der Waals surface area contributed by atoms with Crippen LogP contribution in [0.4, 0.5) is 0 Å². The lowest BCUT2D eigenvalue weighted by atomic mass is 10.6. The van der Waals surface area contributed by atoms with Crippen molar-refractivity contribution in [1.82, 2.24) is 9.80 Å². The maximum Gasteiger partial charge on any atom is 0.234 e. The molecule has 0 aromatic heterocycles. The lowest BCUT2D eigenvalue weighted by Gasteiger charge is -2.16. The highest BCUT2D eigenvalue weighted by Crippen LogP contribution is 2.05. The smallest absolute Gasteiger partial charge is 0.234 e. The van der Waals surface area contributed by atoms with Gasteiger partial charge < -0.3 is 9.80 Å². The van der Waals surface area contributed by atoms with Gasteiger partial charge in [-0.15, -0.1) is 0 Å². The molecule has 1 heterocycles. The van der Waals surface area contributed by atoms with Crippen LogP contribution in [0.15, 0.2) is 12.4 Å². The van der Waals surface area contributed by atoms with Gasteiger partial charge in [-0.3, -0.25) is 0 Å². The maximum atomic E-state index is 10.6. The van der Waals surface area contributed by atoms with Crippen molar-refractivity contribution < 1.29 is 8.42 Å². The second-order valence-corrected chi connectivity index (χ2v) is 5.65. The zero-order valence-corrected chi connectivity index (χ0v) is 8.35. The molecule has 0 N–H and O–H groups in total. The minimum Gasteiger partial charge on any atom is -0.362 e. The van der Waals surface area contributed by atoms with E-state index in [1.54, 1.807) is 0 Å². The molecule has 0 spiro atoms. The molecule has 0 radical (unpaired) electrons. The number of halogens is 1. The molecule has 70 valence electrons. The minimum absolute atomic E-state index is 0.00721. The zero-order chi connectivity index (χ0) is 9.19. The Morgan fingerprint density at radius 2 is 2.17 bits per heavy atom. The van der Waals surface area contributed by atoms with E-state index in [1.807, 2.05) is 29.2 Å². The summed E-state index contributed by atoms with van der Waals surface area (Å²) in [7, 11) is 3.63. The molecule has 6 heteroatoms. The molecule has 1 rings (SSSR count). The third-order valence-corrected chi connectivity index (χ3v) is 2.69. The number of rotatable bonds is 3. The first-order chi connectivity index (χ1) is 5.47. The van der Waals surface area contributed by atoms with Gasteiger partial charge in [0, 0.05) is 36.7 Å². The summed E-state index contributed by atoms with van der Waals surface area (Å²) < 4.78 is 21.1. The lowest BCUT2D eigenvalue weighted by Crippen LogP contribution is -2.26. The van der Waals surface area contributed by atoms with Gasteiger partial charge >= 0.3 is 0 Å². The lowest BCUT2D eigenvalue weighted by molar-refractivity contribution is 0.309. The molecule has 1 aliphatic heterocycles. The molecular formula is C6H11ClN2O2S. The zero-order valence-electron chi connectivity index (χ0n) is 6.77. The maximum absolute atomic E-state index is 10.6. The molecule has 0 unspecified atom stereocenters. The van der Waals surface area contributed by atoms with Crippen LogP contribution in [-0.2, 0) is 9.05 Å². The topological polar surface area (TPSA) is 40.6 Å². The quantitative estimate of drug-likeness (QED) is 0.626. The highest BCUT2D eigenvalue weighted by atomic mass is 35.7. The Labute approximate surface area is 76.8 Å². The molecule has 0 aromatic rings. The number of hydrogen-bond donors (Lipinski definition) is 0. The van der Waals surface area contributed by atoms with Crippen molar-refractivity contribution in [2.45, 2.75) is 0 Å². The molecule has 12 heavy (non-hydrogen) atoms. The summed E-state index contributed by atoms with van der Waals surface area (Å²) in [5.74, 6) is -0.00721. The number of nitrogens with zero attached hydrogens (tertiary/aromatic N) is 2. The first-order valence-electron chi connectivity index (χ1n) is 3.52. The van der Waals surface area contributed by atoms with Gasteiger partial charge in [0.25, 0.3) is 0 Å². The van der Waals surface area contributed by atoms with E-state index >= 15 is 0 Å². The Morgan fingerprint density at radius 3 is 2.58 bits per heavy atom. The first kappa shape index (κ1) is 9.67. The van der Waals surface area contributed by atoms with Crippen molar-refractivity contribution >= 4 is 19.7 Å². The third kappa shape index (κ3) is 3.32. The molecule has 0 amide bonds. The largest absolute Gasteiger partial charge is 0.362 e. The van der Waals surface area contributed by atoms with Gasteiger partial charge in [-0.1, -0.05) is 0 Å². The second kappa shape index (κ2) is 3.53. The molecule has 0 aromatic carbocycles. The van der Waals surface area contributed by atoms with Crippen LogP contribution in [-0.4, -0.2) is 44.2 Å². The van der Waals surface area contributed by atoms with Gasteiger partial charge in [0.05, 0.1) is 12.4 Å². The molecule has 0 saturated carbocycles. The standard InChI is InChI=1S/C6H11ClN2O2S/c1-8-2-3-9(6-8)4-5-12(7,10)11/h2-3H,4-6H2,1H3. The van der Waals surface area contributed by atoms with Crippen LogP contribution in [0.1, 0.15) is 0 Å². The van der Waals surface area contributed by atoms with E-state index in [9.17, 15) is 8.42 Å². The van der Waals surface area contributed by atoms with Crippen LogP contribution in [0.3, 0.4) is 0 Å². The fourth-order valence-corrected chi connectivity index (χ4v) is 1.62. The van der Waals surface area contributed by atoms with Crippen molar-refractivity contribution in [2.24, 2.45) is 0 Å². The van der Waals surface area contributed by atoms with Crippen LogP contribution >= 0.6 is 10.7 Å². The molecule has 0 fully saturated rings. The fraction of sp³-hybridized carbons (Fsp3) is 0.667. The summed E-state index contributed by atoms with van der Waals surface area (Å²) in [6, 6.07) is 0. The van der Waals surface area contributed by atoms with E-state index in [-0.39, 0.29) is 5.75 Å². The van der Waals surface area contributed by atoms with Gasteiger partial charge in [0.15, 0.2) is 0 Å². The van der Waals surface area contributed by atoms with Gasteiger partial charge in [-0.05, 0) is 0 Å². The predicted molar refractivity (Wildman–Crippen MR) is 48.1 cm³/mol.